The van der Waals surface area contributed by atoms with E-state index in [1.165, 1.54) is 25.2 Å². The highest BCUT2D eigenvalue weighted by molar-refractivity contribution is 6.52. The molecule has 0 amide bonds. The zero-order chi connectivity index (χ0) is 11.6. The van der Waals surface area contributed by atoms with Gasteiger partial charge in [0.25, 0.3) is 0 Å². The molecule has 0 bridgehead atoms. The third-order valence-electron chi connectivity index (χ3n) is 3.29. The summed E-state index contributed by atoms with van der Waals surface area (Å²) >= 11 is 0. The summed E-state index contributed by atoms with van der Waals surface area (Å²) in [5, 5.41) is 0. The molecule has 15 heavy (non-hydrogen) atoms. The lowest BCUT2D eigenvalue weighted by molar-refractivity contribution is 0.270. The second-order valence-electron chi connectivity index (χ2n) is 5.51. The van der Waals surface area contributed by atoms with Crippen LogP contribution in [0.15, 0.2) is 12.3 Å². The van der Waals surface area contributed by atoms with Gasteiger partial charge in [-0.1, -0.05) is 19.9 Å². The molecule has 0 saturated carbocycles. The van der Waals surface area contributed by atoms with Gasteiger partial charge in [-0.15, -0.1) is 0 Å². The van der Waals surface area contributed by atoms with Crippen molar-refractivity contribution in [3.05, 3.63) is 12.3 Å². The third kappa shape index (κ3) is 2.85. The zero-order valence-corrected chi connectivity index (χ0v) is 12.2. The van der Waals surface area contributed by atoms with Crippen LogP contribution in [0.2, 0.25) is 6.55 Å². The zero-order valence-electron chi connectivity index (χ0n) is 11.0. The van der Waals surface area contributed by atoms with E-state index in [4.69, 9.17) is 0 Å². The SMILES string of the molecule is C=C(CCC)N1CCN(C(C)(C)C)[Si@@H]1C. The summed E-state index contributed by atoms with van der Waals surface area (Å²) in [7, 11) is -0.927. The van der Waals surface area contributed by atoms with Crippen molar-refractivity contribution >= 4 is 9.12 Å². The predicted molar refractivity (Wildman–Crippen MR) is 70.2 cm³/mol. The third-order valence-corrected chi connectivity index (χ3v) is 6.75. The molecular weight excluding hydrogens is 200 g/mol. The highest BCUT2D eigenvalue weighted by Gasteiger charge is 2.36. The first-order chi connectivity index (χ1) is 6.88. The number of hydrogen-bond donors (Lipinski definition) is 0. The number of allylic oxidation sites excluding steroid dienone is 1. The van der Waals surface area contributed by atoms with Crippen LogP contribution in [0.1, 0.15) is 40.5 Å². The van der Waals surface area contributed by atoms with E-state index >= 15 is 0 Å². The monoisotopic (exact) mass is 226 g/mol. The molecule has 2 nitrogen and oxygen atoms in total. The van der Waals surface area contributed by atoms with E-state index < -0.39 is 9.12 Å². The molecule has 1 saturated heterocycles. The van der Waals surface area contributed by atoms with Crippen LogP contribution < -0.4 is 0 Å². The van der Waals surface area contributed by atoms with Crippen LogP contribution in [-0.4, -0.2) is 36.9 Å². The van der Waals surface area contributed by atoms with E-state index in [-0.39, 0.29) is 0 Å². The van der Waals surface area contributed by atoms with Crippen LogP contribution in [-0.2, 0) is 0 Å². The summed E-state index contributed by atoms with van der Waals surface area (Å²) in [6.45, 7) is 18.3. The van der Waals surface area contributed by atoms with E-state index in [2.05, 4.69) is 50.0 Å². The quantitative estimate of drug-likeness (QED) is 0.683. The van der Waals surface area contributed by atoms with Crippen molar-refractivity contribution in [3.63, 3.8) is 0 Å². The van der Waals surface area contributed by atoms with E-state index in [9.17, 15) is 0 Å². The standard InChI is InChI=1S/C12H26N2Si/c1-7-8-11(2)13-9-10-14(15(13)6)12(3,4)5/h15H,2,7-10H2,1,3-6H3/t15-/m1/s1. The minimum absolute atomic E-state index is 0.326. The summed E-state index contributed by atoms with van der Waals surface area (Å²) in [6.07, 6.45) is 2.38. The van der Waals surface area contributed by atoms with E-state index in [1.54, 1.807) is 0 Å². The fraction of sp³-hybridized carbons (Fsp3) is 0.833. The number of hydrogen-bond acceptors (Lipinski definition) is 2. The van der Waals surface area contributed by atoms with Crippen molar-refractivity contribution in [2.75, 3.05) is 13.1 Å². The van der Waals surface area contributed by atoms with Crippen molar-refractivity contribution in [1.29, 1.82) is 0 Å². The lowest BCUT2D eigenvalue weighted by Gasteiger charge is -2.37. The molecule has 3 heteroatoms. The molecule has 0 aromatic heterocycles. The molecule has 0 radical (unpaired) electrons. The second-order valence-corrected chi connectivity index (χ2v) is 8.02. The van der Waals surface area contributed by atoms with Crippen molar-refractivity contribution < 1.29 is 0 Å². The van der Waals surface area contributed by atoms with E-state index in [1.807, 2.05) is 0 Å². The molecule has 0 N–H and O–H groups in total. The highest BCUT2D eigenvalue weighted by Crippen LogP contribution is 2.25. The van der Waals surface area contributed by atoms with Gasteiger partial charge >= 0.3 is 0 Å². The smallest absolute Gasteiger partial charge is 0.215 e. The maximum Gasteiger partial charge on any atom is 0.215 e. The topological polar surface area (TPSA) is 6.48 Å². The van der Waals surface area contributed by atoms with Gasteiger partial charge in [0.15, 0.2) is 0 Å². The molecule has 1 heterocycles. The Kier molecular flexibility index (Phi) is 4.01. The second kappa shape index (κ2) is 4.70. The average Bonchev–Trinajstić information content (AvgIpc) is 2.46. The van der Waals surface area contributed by atoms with Crippen molar-refractivity contribution in [2.24, 2.45) is 0 Å². The maximum atomic E-state index is 4.23. The molecule has 0 aliphatic carbocycles. The Labute approximate surface area is 96.7 Å². The predicted octanol–water partition coefficient (Wildman–Crippen LogP) is 2.57. The van der Waals surface area contributed by atoms with E-state index in [0.717, 1.165) is 6.42 Å². The first-order valence-electron chi connectivity index (χ1n) is 6.09. The lowest BCUT2D eigenvalue weighted by Crippen LogP contribution is -2.49. The molecule has 88 valence electrons. The summed E-state index contributed by atoms with van der Waals surface area (Å²) < 4.78 is 5.28. The van der Waals surface area contributed by atoms with Gasteiger partial charge in [-0.25, -0.2) is 0 Å². The van der Waals surface area contributed by atoms with Crippen molar-refractivity contribution in [3.8, 4) is 0 Å². The summed E-state index contributed by atoms with van der Waals surface area (Å²) in [4.78, 5) is 0. The average molecular weight is 226 g/mol. The first-order valence-corrected chi connectivity index (χ1v) is 8.28. The molecule has 0 spiro atoms. The molecule has 0 aromatic carbocycles. The van der Waals surface area contributed by atoms with Gasteiger partial charge in [0.1, 0.15) is 0 Å². The molecule has 0 aromatic rings. The Morgan fingerprint density at radius 3 is 2.33 bits per heavy atom. The summed E-state index contributed by atoms with van der Waals surface area (Å²) in [6, 6.07) is 0. The fourth-order valence-electron chi connectivity index (χ4n) is 2.51. The first kappa shape index (κ1) is 12.8. The molecule has 1 aliphatic rings. The van der Waals surface area contributed by atoms with E-state index in [0.29, 0.717) is 5.54 Å². The Morgan fingerprint density at radius 2 is 1.93 bits per heavy atom. The molecule has 1 fully saturated rings. The van der Waals surface area contributed by atoms with Crippen LogP contribution in [0.4, 0.5) is 0 Å². The van der Waals surface area contributed by atoms with Gasteiger partial charge in [0, 0.05) is 18.6 Å². The Balaban J connectivity index is 2.64. The Bertz CT molecular complexity index is 232. The normalized spacial score (nSPS) is 23.5. The summed E-state index contributed by atoms with van der Waals surface area (Å²) in [5.41, 5.74) is 1.69. The van der Waals surface area contributed by atoms with Crippen molar-refractivity contribution in [1.82, 2.24) is 9.13 Å². The fourth-order valence-corrected chi connectivity index (χ4v) is 5.60. The van der Waals surface area contributed by atoms with Gasteiger partial charge in [-0.3, -0.25) is 0 Å². The van der Waals surface area contributed by atoms with Gasteiger partial charge in [0.2, 0.25) is 9.12 Å². The lowest BCUT2D eigenvalue weighted by atomic mass is 10.1. The molecule has 1 aliphatic heterocycles. The molecule has 1 rings (SSSR count). The van der Waals surface area contributed by atoms with Gasteiger partial charge in [-0.2, -0.15) is 0 Å². The molecule has 1 atom stereocenters. The molecule has 0 unspecified atom stereocenters. The van der Waals surface area contributed by atoms with Crippen molar-refractivity contribution in [2.45, 2.75) is 52.6 Å². The van der Waals surface area contributed by atoms with Crippen LogP contribution in [0.3, 0.4) is 0 Å². The van der Waals surface area contributed by atoms with Crippen LogP contribution in [0.25, 0.3) is 0 Å². The van der Waals surface area contributed by atoms with Crippen LogP contribution in [0, 0.1) is 0 Å². The van der Waals surface area contributed by atoms with Gasteiger partial charge in [-0.05, 0) is 39.4 Å². The minimum Gasteiger partial charge on any atom is -0.390 e. The van der Waals surface area contributed by atoms with Crippen LogP contribution >= 0.6 is 0 Å². The molecular formula is C12H26N2Si. The highest BCUT2D eigenvalue weighted by atomic mass is 28.3. The van der Waals surface area contributed by atoms with Gasteiger partial charge in [0.05, 0.1) is 0 Å². The summed E-state index contributed by atoms with van der Waals surface area (Å²) in [5.74, 6) is 0. The number of rotatable bonds is 3. The maximum absolute atomic E-state index is 4.23. The number of nitrogens with zero attached hydrogens (tertiary/aromatic N) is 2. The largest absolute Gasteiger partial charge is 0.390 e. The van der Waals surface area contributed by atoms with Crippen LogP contribution in [0.5, 0.6) is 0 Å². The minimum atomic E-state index is -0.927. The van der Waals surface area contributed by atoms with Gasteiger partial charge < -0.3 is 9.13 Å². The Hall–Kier alpha value is -0.283. The Morgan fingerprint density at radius 1 is 1.33 bits per heavy atom.